The van der Waals surface area contributed by atoms with Gasteiger partial charge in [-0.25, -0.2) is 9.78 Å². The Morgan fingerprint density at radius 1 is 1.28 bits per heavy atom. The summed E-state index contributed by atoms with van der Waals surface area (Å²) in [7, 11) is 0. The van der Waals surface area contributed by atoms with Gasteiger partial charge < -0.3 is 9.47 Å². The highest BCUT2D eigenvalue weighted by molar-refractivity contribution is 7.15. The number of carbonyl (C=O) groups excluding carboxylic acids is 1. The minimum Gasteiger partial charge on any atom is -0.493 e. The minimum atomic E-state index is -0.469. The van der Waals surface area contributed by atoms with Gasteiger partial charge >= 0.3 is 5.97 Å². The van der Waals surface area contributed by atoms with E-state index in [4.69, 9.17) is 9.47 Å². The number of ether oxygens (including phenoxy) is 2. The van der Waals surface area contributed by atoms with Crippen LogP contribution in [-0.2, 0) is 11.3 Å². The zero-order valence-corrected chi connectivity index (χ0v) is 14.8. The van der Waals surface area contributed by atoms with E-state index >= 15 is 0 Å². The average molecular weight is 358 g/mol. The SMILES string of the molecule is CC(C)COc1ccc(C(=O)OCc2cc(=O)n3ccsc3n2)cc1. The van der Waals surface area contributed by atoms with Crippen molar-refractivity contribution >= 4 is 22.3 Å². The maximum atomic E-state index is 12.1. The Morgan fingerprint density at radius 2 is 2.04 bits per heavy atom. The first-order valence-electron chi connectivity index (χ1n) is 7.88. The van der Waals surface area contributed by atoms with Crippen LogP contribution in [0.2, 0.25) is 0 Å². The first kappa shape index (κ1) is 17.2. The standard InChI is InChI=1S/C18H18N2O4S/c1-12(2)10-23-15-5-3-13(4-6-15)17(22)24-11-14-9-16(21)20-7-8-25-18(20)19-14/h3-9,12H,10-11H2,1-2H3. The van der Waals surface area contributed by atoms with Crippen molar-refractivity contribution in [2.45, 2.75) is 20.5 Å². The van der Waals surface area contributed by atoms with Gasteiger partial charge in [0.1, 0.15) is 12.4 Å². The number of esters is 1. The van der Waals surface area contributed by atoms with Gasteiger partial charge in [0.2, 0.25) is 0 Å². The number of nitrogens with zero attached hydrogens (tertiary/aromatic N) is 2. The van der Waals surface area contributed by atoms with Crippen LogP contribution in [0, 0.1) is 5.92 Å². The van der Waals surface area contributed by atoms with E-state index in [1.807, 2.05) is 0 Å². The summed E-state index contributed by atoms with van der Waals surface area (Å²) >= 11 is 1.35. The monoisotopic (exact) mass is 358 g/mol. The lowest BCUT2D eigenvalue weighted by Gasteiger charge is -2.09. The second kappa shape index (κ2) is 7.48. The van der Waals surface area contributed by atoms with Crippen LogP contribution in [0.15, 0.2) is 46.7 Å². The van der Waals surface area contributed by atoms with Gasteiger partial charge in [0.25, 0.3) is 5.56 Å². The number of hydrogen-bond donors (Lipinski definition) is 0. The lowest BCUT2D eigenvalue weighted by molar-refractivity contribution is 0.0467. The molecule has 2 heterocycles. The van der Waals surface area contributed by atoms with E-state index < -0.39 is 5.97 Å². The molecule has 1 aromatic carbocycles. The molecule has 3 rings (SSSR count). The predicted octanol–water partition coefficient (Wildman–Crippen LogP) is 3.15. The van der Waals surface area contributed by atoms with Crippen LogP contribution in [0.4, 0.5) is 0 Å². The summed E-state index contributed by atoms with van der Waals surface area (Å²) in [5.41, 5.74) is 0.660. The van der Waals surface area contributed by atoms with Crippen molar-refractivity contribution in [2.75, 3.05) is 6.61 Å². The van der Waals surface area contributed by atoms with Gasteiger partial charge in [0.15, 0.2) is 4.96 Å². The van der Waals surface area contributed by atoms with Crippen molar-refractivity contribution in [1.29, 1.82) is 0 Å². The molecule has 25 heavy (non-hydrogen) atoms. The predicted molar refractivity (Wildman–Crippen MR) is 95.2 cm³/mol. The van der Waals surface area contributed by atoms with Crippen LogP contribution < -0.4 is 10.3 Å². The topological polar surface area (TPSA) is 69.9 Å². The quantitative estimate of drug-likeness (QED) is 0.633. The number of carbonyl (C=O) groups is 1. The third-order valence-corrected chi connectivity index (χ3v) is 4.14. The van der Waals surface area contributed by atoms with Crippen LogP contribution in [0.3, 0.4) is 0 Å². The molecule has 0 fully saturated rings. The Hall–Kier alpha value is -2.67. The van der Waals surface area contributed by atoms with Gasteiger partial charge in [-0.05, 0) is 30.2 Å². The van der Waals surface area contributed by atoms with E-state index in [1.54, 1.807) is 35.8 Å². The molecule has 0 unspecified atom stereocenters. The summed E-state index contributed by atoms with van der Waals surface area (Å²) in [4.78, 5) is 28.9. The van der Waals surface area contributed by atoms with Crippen molar-refractivity contribution in [1.82, 2.24) is 9.38 Å². The molecule has 0 aliphatic heterocycles. The maximum Gasteiger partial charge on any atom is 0.338 e. The Kier molecular flexibility index (Phi) is 5.14. The molecule has 0 bridgehead atoms. The molecule has 0 aliphatic carbocycles. The number of benzene rings is 1. The molecule has 3 aromatic rings. The van der Waals surface area contributed by atoms with Crippen LogP contribution in [0.1, 0.15) is 29.9 Å². The number of fused-ring (bicyclic) bond motifs is 1. The maximum absolute atomic E-state index is 12.1. The summed E-state index contributed by atoms with van der Waals surface area (Å²) < 4.78 is 12.3. The molecule has 0 radical (unpaired) electrons. The third-order valence-electron chi connectivity index (χ3n) is 3.38. The molecule has 2 aromatic heterocycles. The lowest BCUT2D eigenvalue weighted by Crippen LogP contribution is -2.14. The molecule has 0 spiro atoms. The molecule has 0 N–H and O–H groups in total. The second-order valence-corrected chi connectivity index (χ2v) is 6.82. The zero-order valence-electron chi connectivity index (χ0n) is 14.0. The molecule has 0 aliphatic rings. The van der Waals surface area contributed by atoms with Crippen LogP contribution >= 0.6 is 11.3 Å². The smallest absolute Gasteiger partial charge is 0.338 e. The number of thiazole rings is 1. The molecule has 0 saturated carbocycles. The van der Waals surface area contributed by atoms with Crippen molar-refractivity contribution in [3.8, 4) is 5.75 Å². The average Bonchev–Trinajstić information content (AvgIpc) is 3.07. The van der Waals surface area contributed by atoms with Crippen molar-refractivity contribution in [2.24, 2.45) is 5.92 Å². The summed E-state index contributed by atoms with van der Waals surface area (Å²) in [6.07, 6.45) is 1.66. The summed E-state index contributed by atoms with van der Waals surface area (Å²) in [5, 5.41) is 1.78. The van der Waals surface area contributed by atoms with E-state index in [0.29, 0.717) is 34.5 Å². The largest absolute Gasteiger partial charge is 0.493 e. The Bertz CT molecular complexity index is 928. The minimum absolute atomic E-state index is 0.0475. The van der Waals surface area contributed by atoms with Crippen LogP contribution in [-0.4, -0.2) is 22.0 Å². The summed E-state index contributed by atoms with van der Waals surface area (Å²) in [6.45, 7) is 4.71. The number of rotatable bonds is 6. The van der Waals surface area contributed by atoms with Gasteiger partial charge in [-0.1, -0.05) is 13.8 Å². The molecular weight excluding hydrogens is 340 g/mol. The fourth-order valence-electron chi connectivity index (χ4n) is 2.13. The molecule has 130 valence electrons. The van der Waals surface area contributed by atoms with Crippen LogP contribution in [0.5, 0.6) is 5.75 Å². The normalized spacial score (nSPS) is 11.0. The van der Waals surface area contributed by atoms with Gasteiger partial charge in [-0.3, -0.25) is 9.20 Å². The molecule has 0 amide bonds. The highest BCUT2D eigenvalue weighted by Gasteiger charge is 2.10. The fraction of sp³-hybridized carbons (Fsp3) is 0.278. The first-order chi connectivity index (χ1) is 12.0. The highest BCUT2D eigenvalue weighted by atomic mass is 32.1. The van der Waals surface area contributed by atoms with E-state index in [-0.39, 0.29) is 12.2 Å². The van der Waals surface area contributed by atoms with Crippen molar-refractivity contribution in [3.63, 3.8) is 0 Å². The number of aromatic nitrogens is 2. The lowest BCUT2D eigenvalue weighted by atomic mass is 10.2. The molecule has 0 saturated heterocycles. The Morgan fingerprint density at radius 3 is 2.76 bits per heavy atom. The van der Waals surface area contributed by atoms with Gasteiger partial charge in [-0.2, -0.15) is 0 Å². The second-order valence-electron chi connectivity index (χ2n) is 5.95. The third kappa shape index (κ3) is 4.24. The van der Waals surface area contributed by atoms with Gasteiger partial charge in [0, 0.05) is 17.6 Å². The molecule has 6 nitrogen and oxygen atoms in total. The van der Waals surface area contributed by atoms with E-state index in [2.05, 4.69) is 18.8 Å². The Labute approximate surface area is 148 Å². The molecular formula is C18H18N2O4S. The van der Waals surface area contributed by atoms with E-state index in [1.165, 1.54) is 21.8 Å². The number of hydrogen-bond acceptors (Lipinski definition) is 6. The fourth-order valence-corrected chi connectivity index (χ4v) is 2.87. The Balaban J connectivity index is 1.62. The van der Waals surface area contributed by atoms with Crippen LogP contribution in [0.25, 0.3) is 4.96 Å². The van der Waals surface area contributed by atoms with Gasteiger partial charge in [0.05, 0.1) is 17.9 Å². The van der Waals surface area contributed by atoms with Gasteiger partial charge in [-0.15, -0.1) is 11.3 Å². The summed E-state index contributed by atoms with van der Waals surface area (Å²) in [5.74, 6) is 0.675. The zero-order chi connectivity index (χ0) is 17.8. The van der Waals surface area contributed by atoms with Crippen molar-refractivity contribution < 1.29 is 14.3 Å². The van der Waals surface area contributed by atoms with Crippen molar-refractivity contribution in [3.05, 3.63) is 63.5 Å². The highest BCUT2D eigenvalue weighted by Crippen LogP contribution is 2.14. The summed E-state index contributed by atoms with van der Waals surface area (Å²) in [6, 6.07) is 8.16. The van der Waals surface area contributed by atoms with E-state index in [9.17, 15) is 9.59 Å². The molecule has 7 heteroatoms. The van der Waals surface area contributed by atoms with E-state index in [0.717, 1.165) is 0 Å². The molecule has 0 atom stereocenters. The first-order valence-corrected chi connectivity index (χ1v) is 8.76.